The maximum absolute atomic E-state index is 12.5. The number of benzene rings is 2. The van der Waals surface area contributed by atoms with Gasteiger partial charge in [0.2, 0.25) is 0 Å². The maximum Gasteiger partial charge on any atom is 0.193 e. The van der Waals surface area contributed by atoms with E-state index in [1.165, 1.54) is 0 Å². The molecule has 5 heteroatoms. The Labute approximate surface area is 136 Å². The topological polar surface area (TPSA) is 35.5 Å². The summed E-state index contributed by atoms with van der Waals surface area (Å²) in [7, 11) is 0. The van der Waals surface area contributed by atoms with Crippen LogP contribution in [0.2, 0.25) is 5.02 Å². The minimum Gasteiger partial charge on any atom is -0.490 e. The molecule has 1 aliphatic heterocycles. The Morgan fingerprint density at radius 2 is 1.76 bits per heavy atom. The van der Waals surface area contributed by atoms with Gasteiger partial charge in [-0.1, -0.05) is 27.5 Å². The quantitative estimate of drug-likeness (QED) is 0.733. The van der Waals surface area contributed by atoms with Crippen LogP contribution >= 0.6 is 27.5 Å². The van der Waals surface area contributed by atoms with Crippen LogP contribution in [0.3, 0.4) is 0 Å². The summed E-state index contributed by atoms with van der Waals surface area (Å²) >= 11 is 9.33. The van der Waals surface area contributed by atoms with E-state index in [1.807, 2.05) is 0 Å². The van der Waals surface area contributed by atoms with Crippen LogP contribution in [-0.4, -0.2) is 19.0 Å². The number of ketones is 1. The summed E-state index contributed by atoms with van der Waals surface area (Å²) in [6.45, 7) is 1.22. The van der Waals surface area contributed by atoms with Gasteiger partial charge in [0.1, 0.15) is 0 Å². The van der Waals surface area contributed by atoms with Gasteiger partial charge in [0.15, 0.2) is 17.3 Å². The van der Waals surface area contributed by atoms with Crippen molar-refractivity contribution in [2.75, 3.05) is 13.2 Å². The van der Waals surface area contributed by atoms with Crippen LogP contribution in [0.15, 0.2) is 40.9 Å². The van der Waals surface area contributed by atoms with E-state index in [-0.39, 0.29) is 5.78 Å². The van der Waals surface area contributed by atoms with Crippen LogP contribution < -0.4 is 9.47 Å². The Kier molecular flexibility index (Phi) is 4.17. The van der Waals surface area contributed by atoms with E-state index in [2.05, 4.69) is 15.9 Å². The zero-order chi connectivity index (χ0) is 14.8. The van der Waals surface area contributed by atoms with Crippen LogP contribution in [0.5, 0.6) is 11.5 Å². The highest BCUT2D eigenvalue weighted by atomic mass is 79.9. The largest absolute Gasteiger partial charge is 0.490 e. The second-order valence-electron chi connectivity index (χ2n) is 4.70. The molecule has 0 aliphatic carbocycles. The first kappa shape index (κ1) is 14.4. The van der Waals surface area contributed by atoms with Crippen molar-refractivity contribution in [2.24, 2.45) is 0 Å². The Morgan fingerprint density at radius 3 is 2.52 bits per heavy atom. The van der Waals surface area contributed by atoms with Crippen molar-refractivity contribution in [1.29, 1.82) is 0 Å². The summed E-state index contributed by atoms with van der Waals surface area (Å²) in [5, 5.41) is 0.516. The van der Waals surface area contributed by atoms with Crippen molar-refractivity contribution in [3.05, 3.63) is 57.0 Å². The highest BCUT2D eigenvalue weighted by Gasteiger charge is 2.16. The predicted octanol–water partition coefficient (Wildman–Crippen LogP) is 4.49. The standard InChI is InChI=1S/C16H12BrClO3/c17-12-6-11(7-13(18)9-12)16(19)10-2-3-14-15(8-10)21-5-1-4-20-14/h2-3,6-9H,1,4-5H2. The molecule has 0 saturated carbocycles. The van der Waals surface area contributed by atoms with Gasteiger partial charge < -0.3 is 9.47 Å². The van der Waals surface area contributed by atoms with Crippen molar-refractivity contribution < 1.29 is 14.3 Å². The smallest absolute Gasteiger partial charge is 0.193 e. The lowest BCUT2D eigenvalue weighted by atomic mass is 10.0. The number of hydrogen-bond donors (Lipinski definition) is 0. The third kappa shape index (κ3) is 3.22. The van der Waals surface area contributed by atoms with Crippen LogP contribution in [0.25, 0.3) is 0 Å². The van der Waals surface area contributed by atoms with Gasteiger partial charge in [-0.05, 0) is 36.4 Å². The number of ether oxygens (including phenoxy) is 2. The molecule has 1 aliphatic rings. The molecule has 0 N–H and O–H groups in total. The normalized spacial score (nSPS) is 13.6. The van der Waals surface area contributed by atoms with E-state index >= 15 is 0 Å². The summed E-state index contributed by atoms with van der Waals surface area (Å²) in [5.74, 6) is 1.18. The molecule has 1 heterocycles. The first-order chi connectivity index (χ1) is 10.1. The van der Waals surface area contributed by atoms with Gasteiger partial charge in [0, 0.05) is 27.0 Å². The van der Waals surface area contributed by atoms with E-state index in [1.54, 1.807) is 36.4 Å². The van der Waals surface area contributed by atoms with E-state index in [0.717, 1.165) is 10.9 Å². The summed E-state index contributed by atoms with van der Waals surface area (Å²) in [5.41, 5.74) is 1.08. The molecule has 0 amide bonds. The summed E-state index contributed by atoms with van der Waals surface area (Å²) < 4.78 is 11.9. The molecule has 21 heavy (non-hydrogen) atoms. The van der Waals surface area contributed by atoms with Crippen molar-refractivity contribution >= 4 is 33.3 Å². The molecule has 0 spiro atoms. The molecule has 0 aromatic heterocycles. The highest BCUT2D eigenvalue weighted by Crippen LogP contribution is 2.31. The van der Waals surface area contributed by atoms with Gasteiger partial charge >= 0.3 is 0 Å². The second kappa shape index (κ2) is 6.08. The molecule has 2 aromatic carbocycles. The third-order valence-electron chi connectivity index (χ3n) is 3.13. The fraction of sp³-hybridized carbons (Fsp3) is 0.188. The van der Waals surface area contributed by atoms with Gasteiger partial charge in [0.05, 0.1) is 13.2 Å². The molecular formula is C16H12BrClO3. The molecule has 0 unspecified atom stereocenters. The van der Waals surface area contributed by atoms with E-state index in [9.17, 15) is 4.79 Å². The lowest BCUT2D eigenvalue weighted by molar-refractivity contribution is 0.103. The minimum absolute atomic E-state index is 0.103. The lowest BCUT2D eigenvalue weighted by Crippen LogP contribution is -2.02. The second-order valence-corrected chi connectivity index (χ2v) is 6.05. The predicted molar refractivity (Wildman–Crippen MR) is 84.6 cm³/mol. The Hall–Kier alpha value is -1.52. The third-order valence-corrected chi connectivity index (χ3v) is 3.81. The average molecular weight is 368 g/mol. The van der Waals surface area contributed by atoms with Crippen molar-refractivity contribution in [3.63, 3.8) is 0 Å². The minimum atomic E-state index is -0.103. The molecule has 0 fully saturated rings. The van der Waals surface area contributed by atoms with E-state index in [4.69, 9.17) is 21.1 Å². The molecule has 0 radical (unpaired) electrons. The van der Waals surface area contributed by atoms with Crippen LogP contribution in [0, 0.1) is 0 Å². The Bertz CT molecular complexity index is 680. The molecule has 0 bridgehead atoms. The summed E-state index contributed by atoms with van der Waals surface area (Å²) in [6.07, 6.45) is 0.833. The van der Waals surface area contributed by atoms with E-state index < -0.39 is 0 Å². The first-order valence-electron chi connectivity index (χ1n) is 6.54. The molecule has 0 atom stereocenters. The first-order valence-corrected chi connectivity index (χ1v) is 7.71. The number of hydrogen-bond acceptors (Lipinski definition) is 3. The molecule has 3 rings (SSSR count). The summed E-state index contributed by atoms with van der Waals surface area (Å²) in [4.78, 5) is 12.5. The number of fused-ring (bicyclic) bond motifs is 1. The molecular weight excluding hydrogens is 356 g/mol. The zero-order valence-corrected chi connectivity index (χ0v) is 13.4. The van der Waals surface area contributed by atoms with Gasteiger partial charge in [0.25, 0.3) is 0 Å². The Balaban J connectivity index is 1.96. The Morgan fingerprint density at radius 1 is 1.00 bits per heavy atom. The summed E-state index contributed by atoms with van der Waals surface area (Å²) in [6, 6.07) is 10.4. The van der Waals surface area contributed by atoms with E-state index in [0.29, 0.717) is 40.9 Å². The van der Waals surface area contributed by atoms with Crippen molar-refractivity contribution in [3.8, 4) is 11.5 Å². The average Bonchev–Trinajstić information content (AvgIpc) is 2.69. The monoisotopic (exact) mass is 366 g/mol. The molecule has 2 aromatic rings. The van der Waals surface area contributed by atoms with Crippen molar-refractivity contribution in [2.45, 2.75) is 6.42 Å². The zero-order valence-electron chi connectivity index (χ0n) is 11.1. The van der Waals surface area contributed by atoms with Gasteiger partial charge in [-0.25, -0.2) is 0 Å². The number of halogens is 2. The molecule has 108 valence electrons. The SMILES string of the molecule is O=C(c1cc(Cl)cc(Br)c1)c1ccc2c(c1)OCCCO2. The number of carbonyl (C=O) groups is 1. The fourth-order valence-electron chi connectivity index (χ4n) is 2.16. The highest BCUT2D eigenvalue weighted by molar-refractivity contribution is 9.10. The fourth-order valence-corrected chi connectivity index (χ4v) is 3.02. The number of rotatable bonds is 2. The molecule has 0 saturated heterocycles. The van der Waals surface area contributed by atoms with Gasteiger partial charge in [-0.15, -0.1) is 0 Å². The van der Waals surface area contributed by atoms with Crippen LogP contribution in [-0.2, 0) is 0 Å². The van der Waals surface area contributed by atoms with Gasteiger partial charge in [-0.3, -0.25) is 4.79 Å². The maximum atomic E-state index is 12.5. The van der Waals surface area contributed by atoms with Crippen LogP contribution in [0.1, 0.15) is 22.3 Å². The molecule has 3 nitrogen and oxygen atoms in total. The number of carbonyl (C=O) groups excluding carboxylic acids is 1. The van der Waals surface area contributed by atoms with Crippen molar-refractivity contribution in [1.82, 2.24) is 0 Å². The lowest BCUT2D eigenvalue weighted by Gasteiger charge is -2.09. The van der Waals surface area contributed by atoms with Gasteiger partial charge in [-0.2, -0.15) is 0 Å². The van der Waals surface area contributed by atoms with Crippen LogP contribution in [0.4, 0.5) is 0 Å².